The Bertz CT molecular complexity index is 526. The van der Waals surface area contributed by atoms with Crippen LogP contribution >= 0.6 is 0 Å². The Morgan fingerprint density at radius 2 is 2.28 bits per heavy atom. The highest BCUT2D eigenvalue weighted by atomic mass is 16.1. The molecular weight excluding hydrogens is 228 g/mol. The number of carbonyl (C=O) groups is 1. The van der Waals surface area contributed by atoms with E-state index < -0.39 is 0 Å². The number of pyridine rings is 1. The van der Waals surface area contributed by atoms with Gasteiger partial charge in [-0.2, -0.15) is 0 Å². The molecular formula is C13H18N4O. The lowest BCUT2D eigenvalue weighted by Crippen LogP contribution is -2.42. The van der Waals surface area contributed by atoms with Crippen molar-refractivity contribution in [1.29, 1.82) is 0 Å². The zero-order chi connectivity index (χ0) is 13.2. The van der Waals surface area contributed by atoms with Crippen molar-refractivity contribution >= 4 is 11.6 Å². The predicted molar refractivity (Wildman–Crippen MR) is 69.9 cm³/mol. The van der Waals surface area contributed by atoms with Gasteiger partial charge in [-0.1, -0.05) is 6.07 Å². The molecule has 0 saturated heterocycles. The van der Waals surface area contributed by atoms with E-state index in [1.54, 1.807) is 0 Å². The molecule has 0 aromatic carbocycles. The number of rotatable bonds is 5. The Morgan fingerprint density at radius 1 is 1.50 bits per heavy atom. The number of carbonyl (C=O) groups excluding carboxylic acids is 1. The molecule has 96 valence electrons. The van der Waals surface area contributed by atoms with Crippen LogP contribution in [0.4, 0.5) is 0 Å². The second kappa shape index (κ2) is 4.78. The molecule has 0 aliphatic carbocycles. The Morgan fingerprint density at radius 3 is 2.94 bits per heavy atom. The lowest BCUT2D eigenvalue weighted by molar-refractivity contribution is -0.119. The fourth-order valence-electron chi connectivity index (χ4n) is 1.90. The van der Waals surface area contributed by atoms with Crippen molar-refractivity contribution in [1.82, 2.24) is 14.7 Å². The van der Waals surface area contributed by atoms with Gasteiger partial charge in [0.25, 0.3) is 0 Å². The van der Waals surface area contributed by atoms with Gasteiger partial charge in [-0.05, 0) is 26.0 Å². The summed E-state index contributed by atoms with van der Waals surface area (Å²) in [6.07, 6.45) is 4.24. The third-order valence-corrected chi connectivity index (χ3v) is 2.78. The summed E-state index contributed by atoms with van der Waals surface area (Å²) in [5, 5.41) is 3.29. The highest BCUT2D eigenvalue weighted by Crippen LogP contribution is 2.10. The van der Waals surface area contributed by atoms with Crippen molar-refractivity contribution in [2.45, 2.75) is 32.4 Å². The minimum atomic E-state index is -0.318. The number of primary amides is 1. The molecule has 0 saturated carbocycles. The molecule has 0 unspecified atom stereocenters. The molecule has 2 aromatic rings. The molecule has 0 fully saturated rings. The van der Waals surface area contributed by atoms with Crippen LogP contribution in [0, 0.1) is 0 Å². The van der Waals surface area contributed by atoms with Gasteiger partial charge >= 0.3 is 0 Å². The van der Waals surface area contributed by atoms with Gasteiger partial charge in [0.05, 0.1) is 5.69 Å². The van der Waals surface area contributed by atoms with E-state index in [2.05, 4.69) is 10.3 Å². The Kier molecular flexibility index (Phi) is 3.34. The number of amides is 1. The fraction of sp³-hybridized carbons (Fsp3) is 0.385. The normalized spacial score (nSPS) is 11.9. The van der Waals surface area contributed by atoms with Crippen LogP contribution in [0.5, 0.6) is 0 Å². The van der Waals surface area contributed by atoms with E-state index in [-0.39, 0.29) is 11.4 Å². The van der Waals surface area contributed by atoms with E-state index in [1.807, 2.05) is 48.8 Å². The number of imidazole rings is 1. The van der Waals surface area contributed by atoms with Crippen LogP contribution < -0.4 is 11.1 Å². The molecule has 0 aliphatic heterocycles. The molecule has 2 aromatic heterocycles. The van der Waals surface area contributed by atoms with E-state index in [9.17, 15) is 4.79 Å². The van der Waals surface area contributed by atoms with Crippen LogP contribution in [0.1, 0.15) is 26.0 Å². The first kappa shape index (κ1) is 12.6. The average Bonchev–Trinajstić information content (AvgIpc) is 2.67. The number of aromatic nitrogens is 2. The zero-order valence-electron chi connectivity index (χ0n) is 10.7. The number of hydrogen-bond donors (Lipinski definition) is 2. The lowest BCUT2D eigenvalue weighted by atomic mass is 10.0. The monoisotopic (exact) mass is 246 g/mol. The Balaban J connectivity index is 2.03. The van der Waals surface area contributed by atoms with Gasteiger partial charge in [0.1, 0.15) is 5.65 Å². The maximum Gasteiger partial charge on any atom is 0.219 e. The van der Waals surface area contributed by atoms with E-state index >= 15 is 0 Å². The minimum absolute atomic E-state index is 0.303. The minimum Gasteiger partial charge on any atom is -0.370 e. The van der Waals surface area contributed by atoms with Crippen LogP contribution in [0.25, 0.3) is 5.65 Å². The zero-order valence-corrected chi connectivity index (χ0v) is 10.7. The maximum atomic E-state index is 10.9. The molecule has 0 bridgehead atoms. The van der Waals surface area contributed by atoms with Gasteiger partial charge in [-0.15, -0.1) is 0 Å². The van der Waals surface area contributed by atoms with E-state index in [4.69, 9.17) is 5.73 Å². The summed E-state index contributed by atoms with van der Waals surface area (Å²) in [7, 11) is 0. The molecule has 0 aliphatic rings. The number of nitrogens with one attached hydrogen (secondary N) is 1. The van der Waals surface area contributed by atoms with E-state index in [0.29, 0.717) is 13.0 Å². The third-order valence-electron chi connectivity index (χ3n) is 2.78. The van der Waals surface area contributed by atoms with E-state index in [1.165, 1.54) is 0 Å². The molecule has 0 atom stereocenters. The number of hydrogen-bond acceptors (Lipinski definition) is 3. The molecule has 0 spiro atoms. The van der Waals surface area contributed by atoms with Crippen LogP contribution in [-0.2, 0) is 11.3 Å². The summed E-state index contributed by atoms with van der Waals surface area (Å²) in [6.45, 7) is 4.52. The van der Waals surface area contributed by atoms with Crippen LogP contribution in [0.3, 0.4) is 0 Å². The molecule has 5 nitrogen and oxygen atoms in total. The topological polar surface area (TPSA) is 72.4 Å². The van der Waals surface area contributed by atoms with Crippen LogP contribution in [-0.4, -0.2) is 20.8 Å². The second-order valence-electron chi connectivity index (χ2n) is 5.08. The summed E-state index contributed by atoms with van der Waals surface area (Å²) in [5.41, 5.74) is 6.75. The smallest absolute Gasteiger partial charge is 0.219 e. The van der Waals surface area contributed by atoms with Gasteiger partial charge in [0.2, 0.25) is 5.91 Å². The van der Waals surface area contributed by atoms with Gasteiger partial charge in [-0.3, -0.25) is 4.79 Å². The largest absolute Gasteiger partial charge is 0.370 e. The molecule has 2 rings (SSSR count). The van der Waals surface area contributed by atoms with Crippen molar-refractivity contribution in [3.63, 3.8) is 0 Å². The highest BCUT2D eigenvalue weighted by Gasteiger charge is 2.20. The van der Waals surface area contributed by atoms with Crippen LogP contribution in [0.15, 0.2) is 30.6 Å². The average molecular weight is 246 g/mol. The quantitative estimate of drug-likeness (QED) is 0.829. The first-order chi connectivity index (χ1) is 8.46. The molecule has 5 heteroatoms. The Labute approximate surface area is 106 Å². The lowest BCUT2D eigenvalue weighted by Gasteiger charge is -2.24. The standard InChI is InChI=1S/C13H18N4O/c1-13(2,7-11(14)18)15-8-10-9-17-6-4-3-5-12(17)16-10/h3-6,9,15H,7-8H2,1-2H3,(H2,14,18). The molecule has 0 radical (unpaired) electrons. The van der Waals surface area contributed by atoms with Crippen molar-refractivity contribution < 1.29 is 4.79 Å². The number of nitrogens with two attached hydrogens (primary N) is 1. The summed E-state index contributed by atoms with van der Waals surface area (Å²) in [4.78, 5) is 15.4. The first-order valence-corrected chi connectivity index (χ1v) is 5.92. The number of nitrogens with zero attached hydrogens (tertiary/aromatic N) is 2. The fourth-order valence-corrected chi connectivity index (χ4v) is 1.90. The van der Waals surface area contributed by atoms with Crippen molar-refractivity contribution in [2.75, 3.05) is 0 Å². The van der Waals surface area contributed by atoms with Crippen LogP contribution in [0.2, 0.25) is 0 Å². The Hall–Kier alpha value is -1.88. The van der Waals surface area contributed by atoms with Gasteiger partial charge in [-0.25, -0.2) is 4.98 Å². The molecule has 1 amide bonds. The van der Waals surface area contributed by atoms with Gasteiger partial charge in [0.15, 0.2) is 0 Å². The SMILES string of the molecule is CC(C)(CC(N)=O)NCc1cn2ccccc2n1. The second-order valence-corrected chi connectivity index (χ2v) is 5.08. The third kappa shape index (κ3) is 3.07. The summed E-state index contributed by atoms with van der Waals surface area (Å²) in [5.74, 6) is -0.303. The molecule has 3 N–H and O–H groups in total. The van der Waals surface area contributed by atoms with Crippen molar-refractivity contribution in [2.24, 2.45) is 5.73 Å². The van der Waals surface area contributed by atoms with Gasteiger partial charge < -0.3 is 15.5 Å². The van der Waals surface area contributed by atoms with E-state index in [0.717, 1.165) is 11.3 Å². The van der Waals surface area contributed by atoms with Gasteiger partial charge in [0, 0.05) is 30.9 Å². The molecule has 2 heterocycles. The predicted octanol–water partition coefficient (Wildman–Crippen LogP) is 1.08. The van der Waals surface area contributed by atoms with Crippen molar-refractivity contribution in [3.8, 4) is 0 Å². The maximum absolute atomic E-state index is 10.9. The number of fused-ring (bicyclic) bond motifs is 1. The van der Waals surface area contributed by atoms with Crippen molar-refractivity contribution in [3.05, 3.63) is 36.3 Å². The molecule has 18 heavy (non-hydrogen) atoms. The highest BCUT2D eigenvalue weighted by molar-refractivity contribution is 5.74. The summed E-state index contributed by atoms with van der Waals surface area (Å²) in [6, 6.07) is 5.87. The summed E-state index contributed by atoms with van der Waals surface area (Å²) < 4.78 is 1.97. The summed E-state index contributed by atoms with van der Waals surface area (Å²) >= 11 is 0. The first-order valence-electron chi connectivity index (χ1n) is 5.92.